The molecule has 1 fully saturated rings. The number of carboxylic acid groups (broad SMARTS) is 1. The zero-order chi connectivity index (χ0) is 14.9. The van der Waals surface area contributed by atoms with Gasteiger partial charge in [0.25, 0.3) is 0 Å². The number of amides is 1. The summed E-state index contributed by atoms with van der Waals surface area (Å²) in [5.74, 6) is -4.30. The second-order valence-corrected chi connectivity index (χ2v) is 4.46. The van der Waals surface area contributed by atoms with Crippen molar-refractivity contribution in [1.82, 2.24) is 0 Å². The molecule has 2 unspecified atom stereocenters. The molecule has 1 aromatic carbocycles. The lowest BCUT2D eigenvalue weighted by Crippen LogP contribution is -2.19. The first-order chi connectivity index (χ1) is 9.43. The highest BCUT2D eigenvalue weighted by atomic mass is 19.1. The standard InChI is InChI=1S/C13H12FNO5/c1-20-13(19)7-3-2-6(14)4-10(7)15-11(16)8-5-9(8)12(17)18/h2-4,8-9H,5H2,1H3,(H,15,16)(H,17,18). The predicted octanol–water partition coefficient (Wildman–Crippen LogP) is 1.27. The van der Waals surface area contributed by atoms with Gasteiger partial charge < -0.3 is 15.2 Å². The summed E-state index contributed by atoms with van der Waals surface area (Å²) in [5.41, 5.74) is -0.0207. The summed E-state index contributed by atoms with van der Waals surface area (Å²) in [5, 5.41) is 11.1. The van der Waals surface area contributed by atoms with Crippen LogP contribution in [0, 0.1) is 17.7 Å². The van der Waals surface area contributed by atoms with E-state index in [9.17, 15) is 18.8 Å². The van der Waals surface area contributed by atoms with E-state index in [1.807, 2.05) is 0 Å². The molecule has 20 heavy (non-hydrogen) atoms. The highest BCUT2D eigenvalue weighted by Crippen LogP contribution is 2.39. The van der Waals surface area contributed by atoms with Crippen molar-refractivity contribution in [1.29, 1.82) is 0 Å². The Morgan fingerprint density at radius 1 is 1.35 bits per heavy atom. The van der Waals surface area contributed by atoms with Gasteiger partial charge in [-0.15, -0.1) is 0 Å². The molecule has 0 bridgehead atoms. The Balaban J connectivity index is 2.16. The van der Waals surface area contributed by atoms with Gasteiger partial charge in [0.1, 0.15) is 5.82 Å². The molecule has 0 radical (unpaired) electrons. The maximum atomic E-state index is 13.2. The number of carboxylic acids is 1. The summed E-state index contributed by atoms with van der Waals surface area (Å²) in [6, 6.07) is 3.25. The van der Waals surface area contributed by atoms with Gasteiger partial charge in [-0.3, -0.25) is 9.59 Å². The molecule has 0 heterocycles. The number of anilines is 1. The molecule has 106 valence electrons. The molecular formula is C13H12FNO5. The average molecular weight is 281 g/mol. The van der Waals surface area contributed by atoms with Crippen LogP contribution in [-0.2, 0) is 14.3 Å². The second kappa shape index (κ2) is 5.28. The van der Waals surface area contributed by atoms with Crippen LogP contribution in [0.15, 0.2) is 18.2 Å². The van der Waals surface area contributed by atoms with Crippen molar-refractivity contribution in [2.75, 3.05) is 12.4 Å². The van der Waals surface area contributed by atoms with Crippen LogP contribution < -0.4 is 5.32 Å². The van der Waals surface area contributed by atoms with Gasteiger partial charge in [-0.05, 0) is 24.6 Å². The smallest absolute Gasteiger partial charge is 0.339 e. The molecule has 1 amide bonds. The first-order valence-electron chi connectivity index (χ1n) is 5.85. The number of benzene rings is 1. The predicted molar refractivity (Wildman–Crippen MR) is 65.6 cm³/mol. The number of ether oxygens (including phenoxy) is 1. The highest BCUT2D eigenvalue weighted by Gasteiger charge is 2.48. The van der Waals surface area contributed by atoms with Gasteiger partial charge in [-0.1, -0.05) is 0 Å². The molecule has 1 saturated carbocycles. The Hall–Kier alpha value is -2.44. The van der Waals surface area contributed by atoms with Crippen LogP contribution in [-0.4, -0.2) is 30.1 Å². The quantitative estimate of drug-likeness (QED) is 0.811. The van der Waals surface area contributed by atoms with Gasteiger partial charge in [-0.2, -0.15) is 0 Å². The Morgan fingerprint density at radius 2 is 2.05 bits per heavy atom. The zero-order valence-electron chi connectivity index (χ0n) is 10.6. The van der Waals surface area contributed by atoms with Crippen molar-refractivity contribution in [2.45, 2.75) is 6.42 Å². The second-order valence-electron chi connectivity index (χ2n) is 4.46. The first kappa shape index (κ1) is 14.0. The van der Waals surface area contributed by atoms with E-state index in [1.54, 1.807) is 0 Å². The van der Waals surface area contributed by atoms with Crippen LogP contribution in [0.1, 0.15) is 16.8 Å². The molecule has 0 spiro atoms. The Morgan fingerprint density at radius 3 is 2.60 bits per heavy atom. The largest absolute Gasteiger partial charge is 0.481 e. The summed E-state index contributed by atoms with van der Waals surface area (Å²) in [6.07, 6.45) is 0.240. The van der Waals surface area contributed by atoms with Gasteiger partial charge >= 0.3 is 11.9 Å². The molecule has 0 saturated heterocycles. The third-order valence-corrected chi connectivity index (χ3v) is 3.09. The minimum Gasteiger partial charge on any atom is -0.481 e. The number of halogens is 1. The van der Waals surface area contributed by atoms with Crippen LogP contribution in [0.4, 0.5) is 10.1 Å². The summed E-state index contributed by atoms with van der Waals surface area (Å²) in [4.78, 5) is 34.0. The molecule has 2 rings (SSSR count). The molecule has 0 aliphatic heterocycles. The molecule has 6 nitrogen and oxygen atoms in total. The molecule has 1 aliphatic carbocycles. The first-order valence-corrected chi connectivity index (χ1v) is 5.85. The fourth-order valence-corrected chi connectivity index (χ4v) is 1.89. The monoisotopic (exact) mass is 281 g/mol. The van der Waals surface area contributed by atoms with Crippen molar-refractivity contribution < 1.29 is 28.6 Å². The molecule has 2 N–H and O–H groups in total. The van der Waals surface area contributed by atoms with E-state index in [-0.39, 0.29) is 17.7 Å². The Labute approximate surface area is 113 Å². The van der Waals surface area contributed by atoms with Crippen LogP contribution >= 0.6 is 0 Å². The van der Waals surface area contributed by atoms with Crippen molar-refractivity contribution in [2.24, 2.45) is 11.8 Å². The van der Waals surface area contributed by atoms with Crippen LogP contribution in [0.5, 0.6) is 0 Å². The number of carbonyl (C=O) groups excluding carboxylic acids is 2. The van der Waals surface area contributed by atoms with E-state index < -0.39 is 35.5 Å². The topological polar surface area (TPSA) is 92.7 Å². The van der Waals surface area contributed by atoms with Gasteiger partial charge in [0.15, 0.2) is 0 Å². The van der Waals surface area contributed by atoms with E-state index in [0.717, 1.165) is 12.1 Å². The summed E-state index contributed by atoms with van der Waals surface area (Å²) >= 11 is 0. The number of esters is 1. The van der Waals surface area contributed by atoms with Gasteiger partial charge in [0.05, 0.1) is 30.2 Å². The molecular weight excluding hydrogens is 269 g/mol. The van der Waals surface area contributed by atoms with Crippen molar-refractivity contribution in [3.05, 3.63) is 29.6 Å². The highest BCUT2D eigenvalue weighted by molar-refractivity contribution is 6.03. The van der Waals surface area contributed by atoms with E-state index >= 15 is 0 Å². The SMILES string of the molecule is COC(=O)c1ccc(F)cc1NC(=O)C1CC1C(=O)O. The van der Waals surface area contributed by atoms with Gasteiger partial charge in [0.2, 0.25) is 5.91 Å². The third-order valence-electron chi connectivity index (χ3n) is 3.09. The minimum absolute atomic E-state index is 0.00905. The number of hydrogen-bond donors (Lipinski definition) is 2. The molecule has 2 atom stereocenters. The number of aliphatic carboxylic acids is 1. The lowest BCUT2D eigenvalue weighted by molar-refractivity contribution is -0.139. The summed E-state index contributed by atoms with van der Waals surface area (Å²) in [7, 11) is 1.17. The van der Waals surface area contributed by atoms with Crippen LogP contribution in [0.25, 0.3) is 0 Å². The fourth-order valence-electron chi connectivity index (χ4n) is 1.89. The molecule has 0 aromatic heterocycles. The number of rotatable bonds is 4. The van der Waals surface area contributed by atoms with Gasteiger partial charge in [0, 0.05) is 0 Å². The van der Waals surface area contributed by atoms with E-state index in [2.05, 4.69) is 10.1 Å². The molecule has 7 heteroatoms. The normalized spacial score (nSPS) is 20.1. The number of methoxy groups -OCH3 is 1. The lowest BCUT2D eigenvalue weighted by Gasteiger charge is -2.09. The maximum Gasteiger partial charge on any atom is 0.339 e. The maximum absolute atomic E-state index is 13.2. The van der Waals surface area contributed by atoms with Crippen LogP contribution in [0.2, 0.25) is 0 Å². The van der Waals surface area contributed by atoms with Gasteiger partial charge in [-0.25, -0.2) is 9.18 Å². The minimum atomic E-state index is -1.04. The van der Waals surface area contributed by atoms with Crippen LogP contribution in [0.3, 0.4) is 0 Å². The van der Waals surface area contributed by atoms with E-state index in [4.69, 9.17) is 5.11 Å². The van der Waals surface area contributed by atoms with Crippen molar-refractivity contribution in [3.63, 3.8) is 0 Å². The third kappa shape index (κ3) is 2.76. The number of carbonyl (C=O) groups is 3. The molecule has 1 aliphatic rings. The van der Waals surface area contributed by atoms with Crippen molar-refractivity contribution in [3.8, 4) is 0 Å². The average Bonchev–Trinajstić information content (AvgIpc) is 3.18. The van der Waals surface area contributed by atoms with E-state index in [1.165, 1.54) is 13.2 Å². The summed E-state index contributed by atoms with van der Waals surface area (Å²) < 4.78 is 17.7. The number of hydrogen-bond acceptors (Lipinski definition) is 4. The van der Waals surface area contributed by atoms with E-state index in [0.29, 0.717) is 0 Å². The lowest BCUT2D eigenvalue weighted by atomic mass is 10.1. The fraction of sp³-hybridized carbons (Fsp3) is 0.308. The number of nitrogens with one attached hydrogen (secondary N) is 1. The summed E-state index contributed by atoms with van der Waals surface area (Å²) in [6.45, 7) is 0. The van der Waals surface area contributed by atoms with Crippen molar-refractivity contribution >= 4 is 23.5 Å². The molecule has 1 aromatic rings. The Bertz CT molecular complexity index is 586. The Kier molecular flexibility index (Phi) is 3.69. The zero-order valence-corrected chi connectivity index (χ0v) is 10.6.